The van der Waals surface area contributed by atoms with Gasteiger partial charge in [-0.3, -0.25) is 14.6 Å². The second-order valence-corrected chi connectivity index (χ2v) is 8.02. The van der Waals surface area contributed by atoms with Gasteiger partial charge in [-0.05, 0) is 43.0 Å². The molecular weight excluding hydrogens is 409 g/mol. The van der Waals surface area contributed by atoms with Crippen LogP contribution in [0.1, 0.15) is 43.2 Å². The van der Waals surface area contributed by atoms with Crippen LogP contribution >= 0.6 is 11.6 Å². The van der Waals surface area contributed by atoms with Crippen LogP contribution in [0.5, 0.6) is 5.75 Å². The van der Waals surface area contributed by atoms with E-state index in [1.54, 1.807) is 12.4 Å². The molecule has 0 saturated heterocycles. The molecule has 2 aromatic rings. The molecule has 2 N–H and O–H groups in total. The number of amides is 2. The third-order valence-electron chi connectivity index (χ3n) is 5.17. The molecule has 0 bridgehead atoms. The second-order valence-electron chi connectivity index (χ2n) is 7.61. The lowest BCUT2D eigenvalue weighted by atomic mass is 9.80. The smallest absolute Gasteiger partial charge is 0.258 e. The highest BCUT2D eigenvalue weighted by Crippen LogP contribution is 2.29. The molecule has 3 rings (SSSR count). The van der Waals surface area contributed by atoms with Gasteiger partial charge in [0, 0.05) is 25.0 Å². The molecule has 160 valence electrons. The van der Waals surface area contributed by atoms with Gasteiger partial charge in [-0.1, -0.05) is 36.9 Å². The molecule has 8 heteroatoms. The third-order valence-corrected chi connectivity index (χ3v) is 5.47. The Morgan fingerprint density at radius 3 is 2.67 bits per heavy atom. The number of hydrogen-bond acceptors (Lipinski definition) is 4. The van der Waals surface area contributed by atoms with Crippen molar-refractivity contribution in [2.75, 3.05) is 6.61 Å². The number of halogens is 2. The van der Waals surface area contributed by atoms with E-state index in [0.29, 0.717) is 19.4 Å². The zero-order valence-corrected chi connectivity index (χ0v) is 17.6. The van der Waals surface area contributed by atoms with Crippen LogP contribution in [0.4, 0.5) is 4.39 Å². The molecule has 2 amide bonds. The van der Waals surface area contributed by atoms with Gasteiger partial charge in [-0.15, -0.1) is 0 Å². The zero-order valence-electron chi connectivity index (χ0n) is 16.8. The average Bonchev–Trinajstić information content (AvgIpc) is 2.73. The number of pyridine rings is 1. The third kappa shape index (κ3) is 5.69. The average molecular weight is 434 g/mol. The normalized spacial score (nSPS) is 15.3. The largest absolute Gasteiger partial charge is 0.484 e. The van der Waals surface area contributed by atoms with E-state index in [9.17, 15) is 14.0 Å². The monoisotopic (exact) mass is 433 g/mol. The van der Waals surface area contributed by atoms with Crippen molar-refractivity contribution < 1.29 is 18.7 Å². The first-order valence-electron chi connectivity index (χ1n) is 9.96. The van der Waals surface area contributed by atoms with Gasteiger partial charge in [0.2, 0.25) is 5.91 Å². The molecule has 1 aromatic carbocycles. The molecule has 1 saturated carbocycles. The Labute approximate surface area is 180 Å². The van der Waals surface area contributed by atoms with Gasteiger partial charge in [0.05, 0.1) is 5.02 Å². The first-order chi connectivity index (χ1) is 14.4. The van der Waals surface area contributed by atoms with Crippen LogP contribution in [0.2, 0.25) is 5.02 Å². The fourth-order valence-corrected chi connectivity index (χ4v) is 3.77. The summed E-state index contributed by atoms with van der Waals surface area (Å²) in [5.74, 6) is -1.07. The number of nitrogens with one attached hydrogen (secondary N) is 2. The lowest BCUT2D eigenvalue weighted by molar-refractivity contribution is -0.136. The minimum absolute atomic E-state index is 0.0200. The van der Waals surface area contributed by atoms with Gasteiger partial charge in [-0.25, -0.2) is 4.39 Å². The number of hydrogen-bond donors (Lipinski definition) is 2. The molecule has 1 aromatic heterocycles. The van der Waals surface area contributed by atoms with Gasteiger partial charge in [0.1, 0.15) is 17.1 Å². The Balaban J connectivity index is 1.61. The Morgan fingerprint density at radius 2 is 1.97 bits per heavy atom. The number of ether oxygens (including phenoxy) is 1. The minimum Gasteiger partial charge on any atom is -0.484 e. The van der Waals surface area contributed by atoms with E-state index in [-0.39, 0.29) is 23.3 Å². The number of rotatable bonds is 7. The Morgan fingerprint density at radius 1 is 1.20 bits per heavy atom. The Hall–Kier alpha value is -2.67. The number of nitrogens with zero attached hydrogens (tertiary/aromatic N) is 1. The summed E-state index contributed by atoms with van der Waals surface area (Å²) < 4.78 is 18.9. The summed E-state index contributed by atoms with van der Waals surface area (Å²) >= 11 is 5.65. The highest BCUT2D eigenvalue weighted by molar-refractivity contribution is 6.30. The van der Waals surface area contributed by atoms with Crippen molar-refractivity contribution >= 4 is 23.4 Å². The maximum atomic E-state index is 13.5. The molecule has 30 heavy (non-hydrogen) atoms. The quantitative estimate of drug-likeness (QED) is 0.697. The lowest BCUT2D eigenvalue weighted by Gasteiger charge is -2.36. The van der Waals surface area contributed by atoms with Crippen molar-refractivity contribution in [1.82, 2.24) is 15.6 Å². The number of benzene rings is 1. The van der Waals surface area contributed by atoms with Crippen molar-refractivity contribution in [3.63, 3.8) is 0 Å². The number of carbonyl (C=O) groups excluding carboxylic acids is 2. The fraction of sp³-hybridized carbons (Fsp3) is 0.409. The van der Waals surface area contributed by atoms with Crippen molar-refractivity contribution in [1.29, 1.82) is 0 Å². The van der Waals surface area contributed by atoms with Crippen molar-refractivity contribution in [2.45, 2.75) is 51.1 Å². The molecule has 0 aliphatic heterocycles. The van der Waals surface area contributed by atoms with Crippen LogP contribution in [0, 0.1) is 12.7 Å². The van der Waals surface area contributed by atoms with Crippen LogP contribution in [0.3, 0.4) is 0 Å². The first-order valence-corrected chi connectivity index (χ1v) is 10.3. The topological polar surface area (TPSA) is 80.3 Å². The van der Waals surface area contributed by atoms with Crippen LogP contribution < -0.4 is 15.4 Å². The van der Waals surface area contributed by atoms with Crippen LogP contribution in [-0.2, 0) is 16.1 Å². The van der Waals surface area contributed by atoms with E-state index in [4.69, 9.17) is 16.3 Å². The van der Waals surface area contributed by atoms with Gasteiger partial charge in [0.15, 0.2) is 6.61 Å². The molecule has 0 spiro atoms. The van der Waals surface area contributed by atoms with E-state index in [2.05, 4.69) is 15.6 Å². The predicted octanol–water partition coefficient (Wildman–Crippen LogP) is 3.70. The van der Waals surface area contributed by atoms with Gasteiger partial charge >= 0.3 is 0 Å². The van der Waals surface area contributed by atoms with Crippen molar-refractivity contribution in [2.24, 2.45) is 0 Å². The van der Waals surface area contributed by atoms with E-state index >= 15 is 0 Å². The molecule has 0 atom stereocenters. The summed E-state index contributed by atoms with van der Waals surface area (Å²) in [6.45, 7) is 1.96. The van der Waals surface area contributed by atoms with Crippen LogP contribution in [0.25, 0.3) is 0 Å². The van der Waals surface area contributed by atoms with E-state index in [0.717, 1.165) is 36.5 Å². The predicted molar refractivity (Wildman–Crippen MR) is 112 cm³/mol. The maximum absolute atomic E-state index is 13.5. The number of aryl methyl sites for hydroxylation is 1. The molecule has 0 unspecified atom stereocenters. The minimum atomic E-state index is -0.971. The zero-order chi connectivity index (χ0) is 21.6. The van der Waals surface area contributed by atoms with E-state index in [1.807, 2.05) is 13.0 Å². The van der Waals surface area contributed by atoms with E-state index in [1.165, 1.54) is 12.1 Å². The van der Waals surface area contributed by atoms with Crippen LogP contribution in [0.15, 0.2) is 36.7 Å². The molecule has 6 nitrogen and oxygen atoms in total. The first kappa shape index (κ1) is 22.0. The van der Waals surface area contributed by atoms with Gasteiger partial charge in [0.25, 0.3) is 5.91 Å². The highest BCUT2D eigenvalue weighted by Gasteiger charge is 2.40. The standard InChI is InChI=1S/C22H25ClFN3O3/c1-15-9-16(12-25-11-15)13-26-21(29)22(7-3-2-4-8-22)27-20(28)14-30-17-5-6-18(23)19(24)10-17/h5-6,9-12H,2-4,7-8,13-14H2,1H3,(H,26,29)(H,27,28). The highest BCUT2D eigenvalue weighted by atomic mass is 35.5. The summed E-state index contributed by atoms with van der Waals surface area (Å²) in [4.78, 5) is 29.7. The van der Waals surface area contributed by atoms with E-state index < -0.39 is 17.3 Å². The number of carbonyl (C=O) groups is 2. The van der Waals surface area contributed by atoms with Gasteiger partial charge in [-0.2, -0.15) is 0 Å². The SMILES string of the molecule is Cc1cncc(CNC(=O)C2(NC(=O)COc3ccc(Cl)c(F)c3)CCCCC2)c1. The molecular formula is C22H25ClFN3O3. The Kier molecular flexibility index (Phi) is 7.26. The summed E-state index contributed by atoms with van der Waals surface area (Å²) in [6.07, 6.45) is 7.30. The summed E-state index contributed by atoms with van der Waals surface area (Å²) in [6, 6.07) is 5.92. The second kappa shape index (κ2) is 9.89. The van der Waals surface area contributed by atoms with Crippen molar-refractivity contribution in [3.8, 4) is 5.75 Å². The van der Waals surface area contributed by atoms with Crippen molar-refractivity contribution in [3.05, 3.63) is 58.6 Å². The Bertz CT molecular complexity index is 916. The van der Waals surface area contributed by atoms with Crippen LogP contribution in [-0.4, -0.2) is 28.9 Å². The molecule has 1 aliphatic carbocycles. The fourth-order valence-electron chi connectivity index (χ4n) is 3.65. The molecule has 1 fully saturated rings. The van der Waals surface area contributed by atoms with Gasteiger partial charge < -0.3 is 15.4 Å². The molecule has 1 heterocycles. The molecule has 0 radical (unpaired) electrons. The number of aromatic nitrogens is 1. The summed E-state index contributed by atoms with van der Waals surface area (Å²) in [5.41, 5.74) is 0.938. The molecule has 1 aliphatic rings. The lowest BCUT2D eigenvalue weighted by Crippen LogP contribution is -2.60. The summed E-state index contributed by atoms with van der Waals surface area (Å²) in [7, 11) is 0. The summed E-state index contributed by atoms with van der Waals surface area (Å²) in [5, 5.41) is 5.78. The maximum Gasteiger partial charge on any atom is 0.258 e.